The van der Waals surface area contributed by atoms with Crippen molar-refractivity contribution in [1.82, 2.24) is 5.32 Å². The average Bonchev–Trinajstić information content (AvgIpc) is 2.28. The zero-order chi connectivity index (χ0) is 12.7. The lowest BCUT2D eigenvalue weighted by Crippen LogP contribution is -2.20. The first-order valence-corrected chi connectivity index (χ1v) is 6.31. The Hall–Kier alpha value is -1.06. The fraction of sp³-hybridized carbons (Fsp3) is 0.154. The van der Waals surface area contributed by atoms with E-state index >= 15 is 0 Å². The Morgan fingerprint density at radius 1 is 1.47 bits per heavy atom. The van der Waals surface area contributed by atoms with Crippen molar-refractivity contribution < 1.29 is 4.79 Å². The highest BCUT2D eigenvalue weighted by Gasteiger charge is 2.02. The molecule has 0 fully saturated rings. The minimum absolute atomic E-state index is 0.137. The van der Waals surface area contributed by atoms with Gasteiger partial charge >= 0.3 is 0 Å². The van der Waals surface area contributed by atoms with E-state index in [0.717, 1.165) is 10.0 Å². The maximum atomic E-state index is 11.4. The molecule has 0 saturated carbocycles. The average molecular weight is 315 g/mol. The van der Waals surface area contributed by atoms with Crippen LogP contribution in [0, 0.1) is 0 Å². The van der Waals surface area contributed by atoms with Crippen LogP contribution in [0.5, 0.6) is 0 Å². The molecule has 0 aliphatic carbocycles. The van der Waals surface area contributed by atoms with E-state index < -0.39 is 0 Å². The number of rotatable bonds is 4. The molecule has 0 saturated heterocycles. The second kappa shape index (κ2) is 7.30. The quantitative estimate of drug-likeness (QED) is 0.664. The molecule has 4 heteroatoms. The van der Waals surface area contributed by atoms with Crippen LogP contribution < -0.4 is 5.32 Å². The van der Waals surface area contributed by atoms with E-state index in [0.29, 0.717) is 11.6 Å². The number of hydrogen-bond acceptors (Lipinski definition) is 1. The molecule has 1 N–H and O–H groups in total. The Balaban J connectivity index is 2.53. The van der Waals surface area contributed by atoms with Gasteiger partial charge in [-0.05, 0) is 24.6 Å². The third-order valence-corrected chi connectivity index (χ3v) is 2.86. The van der Waals surface area contributed by atoms with E-state index in [-0.39, 0.29) is 5.91 Å². The van der Waals surface area contributed by atoms with Crippen LogP contribution in [0.25, 0.3) is 0 Å². The summed E-state index contributed by atoms with van der Waals surface area (Å²) in [6, 6.07) is 5.57. The standard InChI is InChI=1S/C13H13BrClNO/c1-2-3-4-5-13(17)16-9-10-6-7-11(14)8-12(10)15/h2-8H,9H2,1H3,(H,16,17)/b3-2+,5-4+. The molecule has 1 aromatic rings. The van der Waals surface area contributed by atoms with Crippen LogP contribution in [0.2, 0.25) is 5.02 Å². The lowest BCUT2D eigenvalue weighted by atomic mass is 10.2. The van der Waals surface area contributed by atoms with Crippen molar-refractivity contribution in [1.29, 1.82) is 0 Å². The molecule has 0 aliphatic rings. The molecule has 1 rings (SSSR count). The molecule has 90 valence electrons. The van der Waals surface area contributed by atoms with Gasteiger partial charge in [0, 0.05) is 22.1 Å². The maximum Gasteiger partial charge on any atom is 0.244 e. The summed E-state index contributed by atoms with van der Waals surface area (Å²) in [7, 11) is 0. The Morgan fingerprint density at radius 3 is 2.88 bits per heavy atom. The molecule has 1 amide bonds. The number of amides is 1. The van der Waals surface area contributed by atoms with Crippen molar-refractivity contribution >= 4 is 33.4 Å². The smallest absolute Gasteiger partial charge is 0.244 e. The highest BCUT2D eigenvalue weighted by Crippen LogP contribution is 2.20. The van der Waals surface area contributed by atoms with Crippen molar-refractivity contribution in [2.45, 2.75) is 13.5 Å². The summed E-state index contributed by atoms with van der Waals surface area (Å²) in [4.78, 5) is 11.4. The summed E-state index contributed by atoms with van der Waals surface area (Å²) in [5.41, 5.74) is 0.891. The van der Waals surface area contributed by atoms with Gasteiger partial charge in [-0.2, -0.15) is 0 Å². The van der Waals surface area contributed by atoms with Crippen molar-refractivity contribution in [3.05, 3.63) is 57.6 Å². The topological polar surface area (TPSA) is 29.1 Å². The number of benzene rings is 1. The zero-order valence-electron chi connectivity index (χ0n) is 9.41. The summed E-state index contributed by atoms with van der Waals surface area (Å²) in [5, 5.41) is 3.39. The minimum atomic E-state index is -0.137. The molecule has 0 heterocycles. The Bertz CT molecular complexity index is 455. The van der Waals surface area contributed by atoms with E-state index in [1.807, 2.05) is 25.1 Å². The van der Waals surface area contributed by atoms with Crippen molar-refractivity contribution in [2.24, 2.45) is 0 Å². The maximum absolute atomic E-state index is 11.4. The molecule has 0 spiro atoms. The molecule has 0 atom stereocenters. The zero-order valence-corrected chi connectivity index (χ0v) is 11.8. The number of nitrogens with one attached hydrogen (secondary N) is 1. The number of halogens is 2. The lowest BCUT2D eigenvalue weighted by Gasteiger charge is -2.05. The second-order valence-corrected chi connectivity index (χ2v) is 4.66. The van der Waals surface area contributed by atoms with Crippen LogP contribution in [0.4, 0.5) is 0 Å². The molecule has 0 unspecified atom stereocenters. The largest absolute Gasteiger partial charge is 0.348 e. The number of carbonyl (C=O) groups is 1. The van der Waals surface area contributed by atoms with Crippen molar-refractivity contribution in [3.8, 4) is 0 Å². The van der Waals surface area contributed by atoms with Gasteiger partial charge in [0.25, 0.3) is 0 Å². The van der Waals surface area contributed by atoms with Crippen molar-refractivity contribution in [2.75, 3.05) is 0 Å². The van der Waals surface area contributed by atoms with Crippen LogP contribution in [-0.4, -0.2) is 5.91 Å². The molecule has 0 radical (unpaired) electrons. The monoisotopic (exact) mass is 313 g/mol. The second-order valence-electron chi connectivity index (χ2n) is 3.34. The highest BCUT2D eigenvalue weighted by atomic mass is 79.9. The fourth-order valence-corrected chi connectivity index (χ4v) is 1.90. The SMILES string of the molecule is C/C=C/C=C/C(=O)NCc1ccc(Br)cc1Cl. The van der Waals surface area contributed by atoms with Gasteiger partial charge < -0.3 is 5.32 Å². The molecular formula is C13H13BrClNO. The molecule has 0 bridgehead atoms. The number of hydrogen-bond donors (Lipinski definition) is 1. The van der Waals surface area contributed by atoms with E-state index in [1.54, 1.807) is 18.2 Å². The first kappa shape index (κ1) is 14.0. The lowest BCUT2D eigenvalue weighted by molar-refractivity contribution is -0.116. The van der Waals surface area contributed by atoms with E-state index in [9.17, 15) is 4.79 Å². The van der Waals surface area contributed by atoms with Gasteiger partial charge in [-0.1, -0.05) is 51.8 Å². The number of allylic oxidation sites excluding steroid dienone is 3. The van der Waals surface area contributed by atoms with Crippen LogP contribution in [0.15, 0.2) is 47.0 Å². The first-order valence-electron chi connectivity index (χ1n) is 5.14. The molecular weight excluding hydrogens is 302 g/mol. The van der Waals surface area contributed by atoms with Gasteiger partial charge in [-0.25, -0.2) is 0 Å². The predicted octanol–water partition coefficient (Wildman–Crippen LogP) is 3.85. The molecule has 0 aliphatic heterocycles. The summed E-state index contributed by atoms with van der Waals surface area (Å²) < 4.78 is 0.922. The summed E-state index contributed by atoms with van der Waals surface area (Å²) in [5.74, 6) is -0.137. The fourth-order valence-electron chi connectivity index (χ4n) is 1.16. The molecule has 17 heavy (non-hydrogen) atoms. The van der Waals surface area contributed by atoms with E-state index in [2.05, 4.69) is 21.2 Å². The van der Waals surface area contributed by atoms with Crippen molar-refractivity contribution in [3.63, 3.8) is 0 Å². The summed E-state index contributed by atoms with van der Waals surface area (Å²) >= 11 is 9.36. The third kappa shape index (κ3) is 5.20. The van der Waals surface area contributed by atoms with Crippen LogP contribution in [0.1, 0.15) is 12.5 Å². The van der Waals surface area contributed by atoms with Gasteiger partial charge in [0.2, 0.25) is 5.91 Å². The minimum Gasteiger partial charge on any atom is -0.348 e. The van der Waals surface area contributed by atoms with Gasteiger partial charge in [-0.3, -0.25) is 4.79 Å². The predicted molar refractivity (Wildman–Crippen MR) is 75.0 cm³/mol. The van der Waals surface area contributed by atoms with Crippen LogP contribution in [-0.2, 0) is 11.3 Å². The third-order valence-electron chi connectivity index (χ3n) is 2.02. The normalized spacial score (nSPS) is 11.2. The Labute approximate surface area is 114 Å². The molecule has 0 aromatic heterocycles. The van der Waals surface area contributed by atoms with E-state index in [4.69, 9.17) is 11.6 Å². The molecule has 1 aromatic carbocycles. The van der Waals surface area contributed by atoms with Crippen LogP contribution >= 0.6 is 27.5 Å². The first-order chi connectivity index (χ1) is 8.13. The van der Waals surface area contributed by atoms with Gasteiger partial charge in [0.1, 0.15) is 0 Å². The number of carbonyl (C=O) groups excluding carboxylic acids is 1. The highest BCUT2D eigenvalue weighted by molar-refractivity contribution is 9.10. The summed E-state index contributed by atoms with van der Waals surface area (Å²) in [6.07, 6.45) is 6.83. The molecule has 2 nitrogen and oxygen atoms in total. The Morgan fingerprint density at radius 2 is 2.24 bits per heavy atom. The van der Waals surface area contributed by atoms with Gasteiger partial charge in [0.15, 0.2) is 0 Å². The van der Waals surface area contributed by atoms with Gasteiger partial charge in [-0.15, -0.1) is 0 Å². The van der Waals surface area contributed by atoms with Gasteiger partial charge in [0.05, 0.1) is 0 Å². The van der Waals surface area contributed by atoms with E-state index in [1.165, 1.54) is 6.08 Å². The van der Waals surface area contributed by atoms with Crippen LogP contribution in [0.3, 0.4) is 0 Å². The Kier molecular flexibility index (Phi) is 6.01. The summed E-state index contributed by atoms with van der Waals surface area (Å²) in [6.45, 7) is 2.31.